The summed E-state index contributed by atoms with van der Waals surface area (Å²) in [7, 11) is 1.61. The number of para-hydroxylation sites is 2. The summed E-state index contributed by atoms with van der Waals surface area (Å²) in [6.07, 6.45) is 1.85. The van der Waals surface area contributed by atoms with Crippen molar-refractivity contribution in [3.63, 3.8) is 0 Å². The van der Waals surface area contributed by atoms with Crippen molar-refractivity contribution in [2.75, 3.05) is 12.0 Å². The van der Waals surface area contributed by atoms with Crippen molar-refractivity contribution < 1.29 is 9.53 Å². The number of benzene rings is 3. The van der Waals surface area contributed by atoms with Crippen molar-refractivity contribution in [3.05, 3.63) is 89.5 Å². The molecule has 0 atom stereocenters. The molecule has 1 heterocycles. The van der Waals surface area contributed by atoms with E-state index in [9.17, 15) is 4.79 Å². The number of fused-ring (bicyclic) bond motifs is 2. The maximum Gasteiger partial charge on any atom is 0.262 e. The molecule has 4 rings (SSSR count). The predicted molar refractivity (Wildman–Crippen MR) is 99.8 cm³/mol. The maximum atomic E-state index is 13.4. The number of hydrogen-bond acceptors (Lipinski definition) is 2. The van der Waals surface area contributed by atoms with E-state index in [1.54, 1.807) is 13.2 Å². The largest absolute Gasteiger partial charge is 0.497 e. The average molecular weight is 329 g/mol. The molecule has 3 heteroatoms. The third-order valence-corrected chi connectivity index (χ3v) is 4.65. The minimum atomic E-state index is -0.0410. The van der Waals surface area contributed by atoms with Crippen molar-refractivity contribution >= 4 is 17.3 Å². The molecule has 3 nitrogen and oxygen atoms in total. The monoisotopic (exact) mass is 329 g/mol. The van der Waals surface area contributed by atoms with Crippen LogP contribution in [-0.4, -0.2) is 13.0 Å². The van der Waals surface area contributed by atoms with E-state index in [0.717, 1.165) is 24.2 Å². The van der Waals surface area contributed by atoms with Crippen LogP contribution in [0.25, 0.3) is 0 Å². The molecule has 0 aliphatic carbocycles. The Morgan fingerprint density at radius 3 is 2.04 bits per heavy atom. The molecule has 0 fully saturated rings. The zero-order chi connectivity index (χ0) is 17.2. The number of rotatable bonds is 2. The molecule has 0 N–H and O–H groups in total. The molecule has 0 aromatic heterocycles. The van der Waals surface area contributed by atoms with Gasteiger partial charge >= 0.3 is 0 Å². The van der Waals surface area contributed by atoms with Crippen molar-refractivity contribution in [2.24, 2.45) is 0 Å². The summed E-state index contributed by atoms with van der Waals surface area (Å²) in [6.45, 7) is 0. The lowest BCUT2D eigenvalue weighted by atomic mass is 10.0. The third-order valence-electron chi connectivity index (χ3n) is 4.65. The van der Waals surface area contributed by atoms with Crippen LogP contribution in [-0.2, 0) is 12.8 Å². The molecular weight excluding hydrogens is 310 g/mol. The van der Waals surface area contributed by atoms with Gasteiger partial charge in [0.15, 0.2) is 0 Å². The lowest BCUT2D eigenvalue weighted by Gasteiger charge is -2.25. The van der Waals surface area contributed by atoms with E-state index in [1.165, 1.54) is 11.1 Å². The fourth-order valence-electron chi connectivity index (χ4n) is 3.38. The first kappa shape index (κ1) is 15.5. The van der Waals surface area contributed by atoms with Gasteiger partial charge in [-0.15, -0.1) is 0 Å². The first-order chi connectivity index (χ1) is 12.3. The van der Waals surface area contributed by atoms with Gasteiger partial charge in [0, 0.05) is 5.56 Å². The molecule has 124 valence electrons. The second-order valence-electron chi connectivity index (χ2n) is 6.13. The number of amides is 1. The number of aryl methyl sites for hydroxylation is 2. The maximum absolute atomic E-state index is 13.4. The Hall–Kier alpha value is -3.07. The van der Waals surface area contributed by atoms with Crippen LogP contribution in [0.3, 0.4) is 0 Å². The van der Waals surface area contributed by atoms with Gasteiger partial charge in [-0.3, -0.25) is 9.69 Å². The van der Waals surface area contributed by atoms with Crippen LogP contribution in [0.5, 0.6) is 5.75 Å². The smallest absolute Gasteiger partial charge is 0.262 e. The van der Waals surface area contributed by atoms with Gasteiger partial charge in [0.25, 0.3) is 5.91 Å². The highest BCUT2D eigenvalue weighted by atomic mass is 16.5. The molecular formula is C22H19NO2. The number of carbonyl (C=O) groups excluding carboxylic acids is 1. The molecule has 3 aromatic rings. The predicted octanol–water partition coefficient (Wildman–Crippen LogP) is 4.77. The molecule has 0 saturated carbocycles. The second kappa shape index (κ2) is 6.44. The number of methoxy groups -OCH3 is 1. The van der Waals surface area contributed by atoms with Gasteiger partial charge < -0.3 is 4.74 Å². The summed E-state index contributed by atoms with van der Waals surface area (Å²) in [6, 6.07) is 23.6. The molecule has 0 saturated heterocycles. The number of anilines is 2. The minimum Gasteiger partial charge on any atom is -0.497 e. The summed E-state index contributed by atoms with van der Waals surface area (Å²) in [5, 5.41) is 0. The topological polar surface area (TPSA) is 29.5 Å². The van der Waals surface area contributed by atoms with Crippen molar-refractivity contribution in [2.45, 2.75) is 12.8 Å². The Balaban J connectivity index is 1.88. The van der Waals surface area contributed by atoms with E-state index in [4.69, 9.17) is 4.74 Å². The summed E-state index contributed by atoms with van der Waals surface area (Å²) in [5.41, 5.74) is 4.91. The van der Waals surface area contributed by atoms with Gasteiger partial charge in [0.2, 0.25) is 0 Å². The minimum absolute atomic E-state index is 0.0410. The van der Waals surface area contributed by atoms with Crippen LogP contribution >= 0.6 is 0 Å². The van der Waals surface area contributed by atoms with E-state index >= 15 is 0 Å². The van der Waals surface area contributed by atoms with Crippen molar-refractivity contribution in [1.82, 2.24) is 0 Å². The summed E-state index contributed by atoms with van der Waals surface area (Å²) in [4.78, 5) is 15.3. The molecule has 3 aromatic carbocycles. The number of nitrogens with zero attached hydrogens (tertiary/aromatic N) is 1. The summed E-state index contributed by atoms with van der Waals surface area (Å²) >= 11 is 0. The van der Waals surface area contributed by atoms with E-state index in [2.05, 4.69) is 12.1 Å². The van der Waals surface area contributed by atoms with Crippen LogP contribution in [0.1, 0.15) is 21.5 Å². The Morgan fingerprint density at radius 2 is 1.44 bits per heavy atom. The molecule has 0 radical (unpaired) electrons. The van der Waals surface area contributed by atoms with Gasteiger partial charge in [0.05, 0.1) is 18.5 Å². The van der Waals surface area contributed by atoms with E-state index in [0.29, 0.717) is 11.3 Å². The Kier molecular flexibility index (Phi) is 3.98. The van der Waals surface area contributed by atoms with Gasteiger partial charge in [0.1, 0.15) is 5.75 Å². The molecule has 25 heavy (non-hydrogen) atoms. The fraction of sp³-hybridized carbons (Fsp3) is 0.136. The number of hydrogen-bond donors (Lipinski definition) is 0. The number of carbonyl (C=O) groups is 1. The van der Waals surface area contributed by atoms with Gasteiger partial charge in [-0.2, -0.15) is 0 Å². The third kappa shape index (κ3) is 2.78. The van der Waals surface area contributed by atoms with Crippen LogP contribution in [0.4, 0.5) is 11.4 Å². The standard InChI is InChI=1S/C22H19NO2/c1-25-19-10-6-9-18(15-19)22(24)23-20-11-4-2-7-16(20)13-14-17-8-3-5-12-21(17)23/h2-12,15H,13-14H2,1H3. The molecule has 1 aliphatic rings. The second-order valence-corrected chi connectivity index (χ2v) is 6.13. The van der Waals surface area contributed by atoms with Crippen molar-refractivity contribution in [3.8, 4) is 5.75 Å². The highest BCUT2D eigenvalue weighted by Crippen LogP contribution is 2.37. The van der Waals surface area contributed by atoms with Crippen molar-refractivity contribution in [1.29, 1.82) is 0 Å². The molecule has 0 bridgehead atoms. The zero-order valence-corrected chi connectivity index (χ0v) is 14.1. The lowest BCUT2D eigenvalue weighted by Crippen LogP contribution is -2.26. The van der Waals surface area contributed by atoms with Gasteiger partial charge in [-0.25, -0.2) is 0 Å². The molecule has 0 unspecified atom stereocenters. The first-order valence-corrected chi connectivity index (χ1v) is 8.42. The van der Waals surface area contributed by atoms with E-state index in [-0.39, 0.29) is 5.91 Å². The Labute approximate surface area is 147 Å². The summed E-state index contributed by atoms with van der Waals surface area (Å²) in [5.74, 6) is 0.642. The normalized spacial score (nSPS) is 12.8. The summed E-state index contributed by atoms with van der Waals surface area (Å²) < 4.78 is 5.29. The van der Waals surface area contributed by atoms with Crippen LogP contribution in [0, 0.1) is 0 Å². The Bertz CT molecular complexity index is 885. The Morgan fingerprint density at radius 1 is 0.840 bits per heavy atom. The zero-order valence-electron chi connectivity index (χ0n) is 14.1. The SMILES string of the molecule is COc1cccc(C(=O)N2c3ccccc3CCc3ccccc32)c1. The first-order valence-electron chi connectivity index (χ1n) is 8.42. The fourth-order valence-corrected chi connectivity index (χ4v) is 3.38. The quantitative estimate of drug-likeness (QED) is 0.677. The molecule has 1 aliphatic heterocycles. The van der Waals surface area contributed by atoms with Gasteiger partial charge in [-0.1, -0.05) is 42.5 Å². The van der Waals surface area contributed by atoms with Crippen LogP contribution in [0.2, 0.25) is 0 Å². The molecule has 0 spiro atoms. The molecule has 1 amide bonds. The van der Waals surface area contributed by atoms with E-state index in [1.807, 2.05) is 59.5 Å². The number of ether oxygens (including phenoxy) is 1. The lowest BCUT2D eigenvalue weighted by molar-refractivity contribution is 0.0999. The highest BCUT2D eigenvalue weighted by molar-refractivity contribution is 6.12. The van der Waals surface area contributed by atoms with Crippen LogP contribution < -0.4 is 9.64 Å². The van der Waals surface area contributed by atoms with Gasteiger partial charge in [-0.05, 0) is 54.3 Å². The van der Waals surface area contributed by atoms with Crippen LogP contribution in [0.15, 0.2) is 72.8 Å². The van der Waals surface area contributed by atoms with E-state index < -0.39 is 0 Å². The average Bonchev–Trinajstić information content (AvgIpc) is 2.84. The highest BCUT2D eigenvalue weighted by Gasteiger charge is 2.26.